The highest BCUT2D eigenvalue weighted by molar-refractivity contribution is 6.32. The van der Waals surface area contributed by atoms with E-state index in [2.05, 4.69) is 6.07 Å². The summed E-state index contributed by atoms with van der Waals surface area (Å²) in [5.74, 6) is 0. The van der Waals surface area contributed by atoms with Gasteiger partial charge in [0.05, 0.1) is 16.4 Å². The second-order valence-electron chi connectivity index (χ2n) is 4.23. The maximum absolute atomic E-state index is 10.9. The van der Waals surface area contributed by atoms with E-state index in [1.165, 1.54) is 12.1 Å². The zero-order valence-electron chi connectivity index (χ0n) is 9.56. The lowest BCUT2D eigenvalue weighted by Crippen LogP contribution is -2.32. The van der Waals surface area contributed by atoms with E-state index >= 15 is 0 Å². The van der Waals surface area contributed by atoms with Crippen molar-refractivity contribution in [1.82, 2.24) is 0 Å². The number of hydrogen-bond donors (Lipinski definition) is 0. The minimum absolute atomic E-state index is 0.0869. The molecule has 1 heterocycles. The van der Waals surface area contributed by atoms with Gasteiger partial charge in [0.2, 0.25) is 0 Å². The van der Waals surface area contributed by atoms with Crippen LogP contribution in [-0.4, -0.2) is 18.1 Å². The molecule has 0 spiro atoms. The Morgan fingerprint density at radius 3 is 2.67 bits per heavy atom. The van der Waals surface area contributed by atoms with Gasteiger partial charge < -0.3 is 4.74 Å². The second-order valence-corrected chi connectivity index (χ2v) is 4.64. The molecule has 94 valence electrons. The van der Waals surface area contributed by atoms with Gasteiger partial charge in [-0.2, -0.15) is 5.26 Å². The van der Waals surface area contributed by atoms with Crippen LogP contribution in [0.4, 0.5) is 5.69 Å². The number of nitro groups is 1. The molecule has 0 radical (unpaired) electrons. The quantitative estimate of drug-likeness (QED) is 0.609. The molecule has 0 bridgehead atoms. The Morgan fingerprint density at radius 2 is 2.11 bits per heavy atom. The molecule has 5 nitrogen and oxygen atoms in total. The molecule has 18 heavy (non-hydrogen) atoms. The van der Waals surface area contributed by atoms with Crippen LogP contribution in [0.1, 0.15) is 18.4 Å². The van der Waals surface area contributed by atoms with Crippen molar-refractivity contribution in [2.75, 3.05) is 13.2 Å². The normalized spacial score (nSPS) is 18.0. The first kappa shape index (κ1) is 12.8. The molecule has 1 fully saturated rings. The van der Waals surface area contributed by atoms with E-state index in [-0.39, 0.29) is 10.7 Å². The van der Waals surface area contributed by atoms with Crippen LogP contribution in [0.5, 0.6) is 0 Å². The molecule has 1 saturated heterocycles. The lowest BCUT2D eigenvalue weighted by atomic mass is 9.75. The van der Waals surface area contributed by atoms with Gasteiger partial charge in [0.15, 0.2) is 0 Å². The van der Waals surface area contributed by atoms with Crippen LogP contribution < -0.4 is 0 Å². The van der Waals surface area contributed by atoms with Gasteiger partial charge in [-0.3, -0.25) is 10.1 Å². The molecule has 1 aliphatic rings. The smallest absolute Gasteiger partial charge is 0.288 e. The SMILES string of the molecule is N#CC1(c2ccc(Cl)c([N+](=O)[O-])c2)CCOCC1. The first-order chi connectivity index (χ1) is 8.59. The van der Waals surface area contributed by atoms with Gasteiger partial charge >= 0.3 is 0 Å². The minimum Gasteiger partial charge on any atom is -0.381 e. The molecule has 0 amide bonds. The fourth-order valence-electron chi connectivity index (χ4n) is 2.14. The number of rotatable bonds is 2. The summed E-state index contributed by atoms with van der Waals surface area (Å²) in [6, 6.07) is 6.83. The summed E-state index contributed by atoms with van der Waals surface area (Å²) >= 11 is 5.77. The molecule has 1 aromatic rings. The Bertz CT molecular complexity index is 519. The third kappa shape index (κ3) is 2.17. The van der Waals surface area contributed by atoms with Crippen molar-refractivity contribution in [2.45, 2.75) is 18.3 Å². The molecule has 1 aliphatic heterocycles. The van der Waals surface area contributed by atoms with Crippen molar-refractivity contribution in [3.05, 3.63) is 38.9 Å². The summed E-state index contributed by atoms with van der Waals surface area (Å²) < 4.78 is 5.24. The van der Waals surface area contributed by atoms with Crippen molar-refractivity contribution < 1.29 is 9.66 Å². The van der Waals surface area contributed by atoms with Crippen LogP contribution in [0.2, 0.25) is 5.02 Å². The molecule has 0 unspecified atom stereocenters. The lowest BCUT2D eigenvalue weighted by molar-refractivity contribution is -0.384. The van der Waals surface area contributed by atoms with Gasteiger partial charge in [-0.25, -0.2) is 0 Å². The highest BCUT2D eigenvalue weighted by Crippen LogP contribution is 2.37. The highest BCUT2D eigenvalue weighted by atomic mass is 35.5. The van der Waals surface area contributed by atoms with E-state index in [0.29, 0.717) is 31.6 Å². The van der Waals surface area contributed by atoms with Gasteiger partial charge in [-0.1, -0.05) is 17.7 Å². The molecular formula is C12H11ClN2O3. The molecule has 0 saturated carbocycles. The lowest BCUT2D eigenvalue weighted by Gasteiger charge is -2.30. The van der Waals surface area contributed by atoms with E-state index in [1.807, 2.05) is 0 Å². The summed E-state index contributed by atoms with van der Waals surface area (Å²) in [5, 5.41) is 20.3. The Balaban J connectivity index is 2.47. The molecular weight excluding hydrogens is 256 g/mol. The number of nitriles is 1. The van der Waals surface area contributed by atoms with Crippen LogP contribution in [0.15, 0.2) is 18.2 Å². The topological polar surface area (TPSA) is 76.2 Å². The Labute approximate surface area is 109 Å². The zero-order valence-corrected chi connectivity index (χ0v) is 10.3. The standard InChI is InChI=1S/C12H11ClN2O3/c13-10-2-1-9(7-11(10)15(16)17)12(8-14)3-5-18-6-4-12/h1-2,7H,3-6H2. The monoisotopic (exact) mass is 266 g/mol. The summed E-state index contributed by atoms with van der Waals surface area (Å²) in [5.41, 5.74) is -0.215. The maximum Gasteiger partial charge on any atom is 0.288 e. The second kappa shape index (κ2) is 4.92. The summed E-state index contributed by atoms with van der Waals surface area (Å²) in [6.07, 6.45) is 1.09. The molecule has 0 atom stereocenters. The van der Waals surface area contributed by atoms with Crippen molar-refractivity contribution >= 4 is 17.3 Å². The summed E-state index contributed by atoms with van der Waals surface area (Å²) in [4.78, 5) is 10.3. The van der Waals surface area contributed by atoms with E-state index < -0.39 is 10.3 Å². The molecule has 1 aromatic carbocycles. The van der Waals surface area contributed by atoms with Crippen LogP contribution in [0.25, 0.3) is 0 Å². The fourth-order valence-corrected chi connectivity index (χ4v) is 2.32. The predicted molar refractivity (Wildman–Crippen MR) is 65.5 cm³/mol. The first-order valence-electron chi connectivity index (χ1n) is 5.52. The van der Waals surface area contributed by atoms with E-state index in [1.54, 1.807) is 6.07 Å². The highest BCUT2D eigenvalue weighted by Gasteiger charge is 2.36. The van der Waals surface area contributed by atoms with Crippen molar-refractivity contribution in [3.8, 4) is 6.07 Å². The number of ether oxygens (including phenoxy) is 1. The van der Waals surface area contributed by atoms with E-state index in [0.717, 1.165) is 0 Å². The molecule has 0 aliphatic carbocycles. The Kier molecular flexibility index (Phi) is 3.50. The number of hydrogen-bond acceptors (Lipinski definition) is 4. The Hall–Kier alpha value is -1.64. The first-order valence-corrected chi connectivity index (χ1v) is 5.90. The molecule has 0 N–H and O–H groups in total. The van der Waals surface area contributed by atoms with Crippen molar-refractivity contribution in [3.63, 3.8) is 0 Å². The number of nitrogens with zero attached hydrogens (tertiary/aromatic N) is 2. The third-order valence-electron chi connectivity index (χ3n) is 3.26. The number of benzene rings is 1. The fraction of sp³-hybridized carbons (Fsp3) is 0.417. The predicted octanol–water partition coefficient (Wildman–Crippen LogP) is 2.82. The molecule has 0 aromatic heterocycles. The van der Waals surface area contributed by atoms with Crippen molar-refractivity contribution in [1.29, 1.82) is 5.26 Å². The van der Waals surface area contributed by atoms with Gasteiger partial charge in [0, 0.05) is 19.3 Å². The maximum atomic E-state index is 10.9. The van der Waals surface area contributed by atoms with Crippen LogP contribution in [0, 0.1) is 21.4 Å². The van der Waals surface area contributed by atoms with E-state index in [9.17, 15) is 15.4 Å². The third-order valence-corrected chi connectivity index (χ3v) is 3.58. The molecule has 6 heteroatoms. The molecule has 2 rings (SSSR count). The van der Waals surface area contributed by atoms with Crippen LogP contribution in [0.3, 0.4) is 0 Å². The Morgan fingerprint density at radius 1 is 1.44 bits per heavy atom. The van der Waals surface area contributed by atoms with Crippen LogP contribution >= 0.6 is 11.6 Å². The largest absolute Gasteiger partial charge is 0.381 e. The van der Waals surface area contributed by atoms with Gasteiger partial charge in [0.1, 0.15) is 5.02 Å². The van der Waals surface area contributed by atoms with Gasteiger partial charge in [-0.05, 0) is 24.5 Å². The summed E-state index contributed by atoms with van der Waals surface area (Å²) in [7, 11) is 0. The zero-order chi connectivity index (χ0) is 13.2. The van der Waals surface area contributed by atoms with Crippen LogP contribution in [-0.2, 0) is 10.2 Å². The van der Waals surface area contributed by atoms with Gasteiger partial charge in [-0.15, -0.1) is 0 Å². The van der Waals surface area contributed by atoms with E-state index in [4.69, 9.17) is 16.3 Å². The van der Waals surface area contributed by atoms with Crippen molar-refractivity contribution in [2.24, 2.45) is 0 Å². The average molecular weight is 267 g/mol. The summed E-state index contributed by atoms with van der Waals surface area (Å²) in [6.45, 7) is 0.980. The number of halogens is 1. The average Bonchev–Trinajstić information content (AvgIpc) is 2.39. The minimum atomic E-state index is -0.701. The number of nitro benzene ring substituents is 1. The van der Waals surface area contributed by atoms with Gasteiger partial charge in [0.25, 0.3) is 5.69 Å².